The molecule has 7 heteroatoms. The predicted octanol–water partition coefficient (Wildman–Crippen LogP) is 1.96. The molecule has 0 amide bonds. The zero-order valence-corrected chi connectivity index (χ0v) is 13.7. The Balaban J connectivity index is 2.47. The van der Waals surface area contributed by atoms with Gasteiger partial charge in [-0.2, -0.15) is 0 Å². The third kappa shape index (κ3) is 3.27. The lowest BCUT2D eigenvalue weighted by molar-refractivity contribution is 0.408. The minimum atomic E-state index is -0.438. The number of aromatic amines is 1. The Hall–Kier alpha value is -1.09. The van der Waals surface area contributed by atoms with Crippen LogP contribution in [-0.2, 0) is 6.54 Å². The molecule has 0 radical (unpaired) electrons. The van der Waals surface area contributed by atoms with Gasteiger partial charge in [-0.3, -0.25) is 14.3 Å². The number of rotatable bonds is 3. The minimum Gasteiger partial charge on any atom is -0.496 e. The van der Waals surface area contributed by atoms with E-state index in [1.54, 1.807) is 7.11 Å². The second-order valence-corrected chi connectivity index (χ2v) is 5.90. The van der Waals surface area contributed by atoms with Gasteiger partial charge in [0.05, 0.1) is 17.2 Å². The minimum absolute atomic E-state index is 0.328. The summed E-state index contributed by atoms with van der Waals surface area (Å²) in [6, 6.07) is 5.56. The maximum absolute atomic E-state index is 11.7. The summed E-state index contributed by atoms with van der Waals surface area (Å²) < 4.78 is 8.06. The zero-order valence-electron chi connectivity index (χ0n) is 9.94. The highest BCUT2D eigenvalue weighted by atomic mass is 127. The summed E-state index contributed by atoms with van der Waals surface area (Å²) in [7, 11) is 1.58. The molecule has 19 heavy (non-hydrogen) atoms. The Bertz CT molecular complexity index is 724. The third-order valence-electron chi connectivity index (χ3n) is 2.55. The van der Waals surface area contributed by atoms with Crippen LogP contribution in [0.15, 0.2) is 38.5 Å². The smallest absolute Gasteiger partial charge is 0.328 e. The zero-order chi connectivity index (χ0) is 14.0. The van der Waals surface area contributed by atoms with Gasteiger partial charge in [-0.05, 0) is 40.8 Å². The van der Waals surface area contributed by atoms with Crippen molar-refractivity contribution in [2.24, 2.45) is 0 Å². The maximum Gasteiger partial charge on any atom is 0.328 e. The molecule has 0 aliphatic rings. The van der Waals surface area contributed by atoms with Crippen LogP contribution in [0.25, 0.3) is 0 Å². The number of ether oxygens (including phenoxy) is 1. The average molecular weight is 437 g/mol. The van der Waals surface area contributed by atoms with E-state index in [0.717, 1.165) is 10.0 Å². The van der Waals surface area contributed by atoms with Crippen molar-refractivity contribution in [3.63, 3.8) is 0 Å². The highest BCUT2D eigenvalue weighted by Gasteiger charge is 2.07. The fraction of sp³-hybridized carbons (Fsp3) is 0.167. The van der Waals surface area contributed by atoms with Gasteiger partial charge in [-0.15, -0.1) is 0 Å². The van der Waals surface area contributed by atoms with E-state index in [4.69, 9.17) is 4.74 Å². The number of hydrogen-bond donors (Lipinski definition) is 1. The van der Waals surface area contributed by atoms with Crippen molar-refractivity contribution in [3.8, 4) is 5.75 Å². The van der Waals surface area contributed by atoms with Gasteiger partial charge in [-0.25, -0.2) is 4.79 Å². The molecular weight excluding hydrogens is 427 g/mol. The standard InChI is InChI=1S/C12H10BrIN2O3/c1-19-10-3-2-8(13)4-7(10)5-16-6-9(14)11(17)15-12(16)18/h2-4,6H,5H2,1H3,(H,15,17,18). The van der Waals surface area contributed by atoms with E-state index in [2.05, 4.69) is 20.9 Å². The van der Waals surface area contributed by atoms with Crippen LogP contribution in [0.4, 0.5) is 0 Å². The highest BCUT2D eigenvalue weighted by molar-refractivity contribution is 14.1. The van der Waals surface area contributed by atoms with Gasteiger partial charge in [0.1, 0.15) is 5.75 Å². The molecule has 1 aromatic carbocycles. The molecule has 0 spiro atoms. The molecule has 0 aliphatic heterocycles. The lowest BCUT2D eigenvalue weighted by Gasteiger charge is -2.10. The molecule has 0 bridgehead atoms. The molecule has 1 aromatic heterocycles. The number of hydrogen-bond acceptors (Lipinski definition) is 3. The number of H-pyrrole nitrogens is 1. The Kier molecular flexibility index (Phi) is 4.46. The van der Waals surface area contributed by atoms with E-state index in [0.29, 0.717) is 15.9 Å². The SMILES string of the molecule is COc1ccc(Br)cc1Cn1cc(I)c(=O)[nH]c1=O. The topological polar surface area (TPSA) is 64.1 Å². The van der Waals surface area contributed by atoms with Gasteiger partial charge < -0.3 is 4.74 Å². The summed E-state index contributed by atoms with van der Waals surface area (Å²) in [5.41, 5.74) is 0.0392. The first kappa shape index (κ1) is 14.3. The van der Waals surface area contributed by atoms with E-state index >= 15 is 0 Å². The van der Waals surface area contributed by atoms with Gasteiger partial charge in [0, 0.05) is 16.2 Å². The number of benzene rings is 1. The quantitative estimate of drug-likeness (QED) is 0.748. The van der Waals surface area contributed by atoms with Gasteiger partial charge in [0.25, 0.3) is 5.56 Å². The molecule has 0 fully saturated rings. The molecule has 0 atom stereocenters. The molecule has 0 saturated heterocycles. The first-order valence-electron chi connectivity index (χ1n) is 5.33. The Morgan fingerprint density at radius 2 is 2.16 bits per heavy atom. The van der Waals surface area contributed by atoms with Crippen molar-refractivity contribution in [2.75, 3.05) is 7.11 Å². The first-order valence-corrected chi connectivity index (χ1v) is 7.20. The molecule has 0 unspecified atom stereocenters. The largest absolute Gasteiger partial charge is 0.496 e. The van der Waals surface area contributed by atoms with Crippen LogP contribution in [0, 0.1) is 3.57 Å². The summed E-state index contributed by atoms with van der Waals surface area (Å²) in [6.07, 6.45) is 1.53. The van der Waals surface area contributed by atoms with Gasteiger partial charge >= 0.3 is 5.69 Å². The van der Waals surface area contributed by atoms with Crippen LogP contribution >= 0.6 is 38.5 Å². The number of nitrogens with zero attached hydrogens (tertiary/aromatic N) is 1. The van der Waals surface area contributed by atoms with Crippen molar-refractivity contribution in [1.82, 2.24) is 9.55 Å². The summed E-state index contributed by atoms with van der Waals surface area (Å²) in [5, 5.41) is 0. The average Bonchev–Trinajstić information content (AvgIpc) is 2.36. The van der Waals surface area contributed by atoms with E-state index in [9.17, 15) is 9.59 Å². The third-order valence-corrected chi connectivity index (χ3v) is 3.81. The number of halogens is 2. The summed E-state index contributed by atoms with van der Waals surface area (Å²) in [6.45, 7) is 0.328. The molecule has 2 rings (SSSR count). The number of methoxy groups -OCH3 is 1. The molecule has 5 nitrogen and oxygen atoms in total. The van der Waals surface area contributed by atoms with Crippen molar-refractivity contribution in [3.05, 3.63) is 58.8 Å². The monoisotopic (exact) mass is 436 g/mol. The molecule has 0 aliphatic carbocycles. The van der Waals surface area contributed by atoms with Crippen molar-refractivity contribution < 1.29 is 4.74 Å². The van der Waals surface area contributed by atoms with Crippen LogP contribution in [-0.4, -0.2) is 16.7 Å². The van der Waals surface area contributed by atoms with Crippen LogP contribution in [0.1, 0.15) is 5.56 Å². The fourth-order valence-electron chi connectivity index (χ4n) is 1.65. The van der Waals surface area contributed by atoms with Crippen molar-refractivity contribution >= 4 is 38.5 Å². The van der Waals surface area contributed by atoms with Gasteiger partial charge in [0.2, 0.25) is 0 Å². The van der Waals surface area contributed by atoms with Crippen molar-refractivity contribution in [1.29, 1.82) is 0 Å². The molecule has 100 valence electrons. The highest BCUT2D eigenvalue weighted by Crippen LogP contribution is 2.23. The van der Waals surface area contributed by atoms with E-state index < -0.39 is 5.69 Å². The van der Waals surface area contributed by atoms with Crippen molar-refractivity contribution in [2.45, 2.75) is 6.54 Å². The summed E-state index contributed by atoms with van der Waals surface area (Å²) in [4.78, 5) is 25.3. The lowest BCUT2D eigenvalue weighted by Crippen LogP contribution is -2.31. The Morgan fingerprint density at radius 3 is 2.84 bits per heavy atom. The van der Waals surface area contributed by atoms with Gasteiger partial charge in [-0.1, -0.05) is 15.9 Å². The molecular formula is C12H10BrIN2O3. The lowest BCUT2D eigenvalue weighted by atomic mass is 10.2. The van der Waals surface area contributed by atoms with E-state index in [1.807, 2.05) is 40.8 Å². The Labute approximate surface area is 130 Å². The van der Waals surface area contributed by atoms with Gasteiger partial charge in [0.15, 0.2) is 0 Å². The van der Waals surface area contributed by atoms with Crippen LogP contribution < -0.4 is 16.0 Å². The first-order chi connectivity index (χ1) is 9.01. The van der Waals surface area contributed by atoms with E-state index in [1.165, 1.54) is 10.8 Å². The number of aromatic nitrogens is 2. The second kappa shape index (κ2) is 5.91. The van der Waals surface area contributed by atoms with Crippen LogP contribution in [0.3, 0.4) is 0 Å². The second-order valence-electron chi connectivity index (χ2n) is 3.82. The van der Waals surface area contributed by atoms with Crippen LogP contribution in [0.5, 0.6) is 5.75 Å². The van der Waals surface area contributed by atoms with Crippen LogP contribution in [0.2, 0.25) is 0 Å². The maximum atomic E-state index is 11.7. The number of nitrogens with one attached hydrogen (secondary N) is 1. The molecule has 0 saturated carbocycles. The summed E-state index contributed by atoms with van der Waals surface area (Å²) in [5.74, 6) is 0.691. The molecule has 1 heterocycles. The fourth-order valence-corrected chi connectivity index (χ4v) is 2.53. The predicted molar refractivity (Wildman–Crippen MR) is 83.8 cm³/mol. The normalized spacial score (nSPS) is 10.5. The molecule has 1 N–H and O–H groups in total. The summed E-state index contributed by atoms with van der Waals surface area (Å²) >= 11 is 5.27. The van der Waals surface area contributed by atoms with E-state index in [-0.39, 0.29) is 5.56 Å². The molecule has 2 aromatic rings. The Morgan fingerprint density at radius 1 is 1.42 bits per heavy atom.